The molecule has 0 saturated heterocycles. The summed E-state index contributed by atoms with van der Waals surface area (Å²) in [6, 6.07) is 9.82. The van der Waals surface area contributed by atoms with Crippen LogP contribution in [0.15, 0.2) is 41.4 Å². The van der Waals surface area contributed by atoms with Crippen LogP contribution in [0, 0.1) is 6.92 Å². The van der Waals surface area contributed by atoms with E-state index in [1.165, 1.54) is 12.4 Å². The Hall–Kier alpha value is -2.50. The SMILES string of the molecule is CCN(C)/C=N/c1cc(C)c(Oc2cccc(C(C)C)c2)cc1C(F)(F)F. The summed E-state index contributed by atoms with van der Waals surface area (Å²) < 4.78 is 46.4. The third kappa shape index (κ3) is 5.49. The molecule has 27 heavy (non-hydrogen) atoms. The number of nitrogens with zero attached hydrogens (tertiary/aromatic N) is 2. The van der Waals surface area contributed by atoms with Gasteiger partial charge in [-0.2, -0.15) is 13.2 Å². The van der Waals surface area contributed by atoms with E-state index in [0.717, 1.165) is 11.6 Å². The van der Waals surface area contributed by atoms with E-state index < -0.39 is 11.7 Å². The zero-order valence-corrected chi connectivity index (χ0v) is 16.3. The lowest BCUT2D eigenvalue weighted by atomic mass is 10.0. The fourth-order valence-electron chi connectivity index (χ4n) is 2.42. The first kappa shape index (κ1) is 20.8. The molecule has 0 aliphatic rings. The molecule has 2 aromatic rings. The summed E-state index contributed by atoms with van der Waals surface area (Å²) >= 11 is 0. The summed E-state index contributed by atoms with van der Waals surface area (Å²) in [6.07, 6.45) is -3.13. The van der Waals surface area contributed by atoms with Crippen molar-refractivity contribution in [1.29, 1.82) is 0 Å². The highest BCUT2D eigenvalue weighted by molar-refractivity contribution is 5.65. The smallest absolute Gasteiger partial charge is 0.418 e. The average Bonchev–Trinajstić information content (AvgIpc) is 2.60. The second kappa shape index (κ2) is 8.46. The molecule has 146 valence electrons. The third-order valence-corrected chi connectivity index (χ3v) is 4.24. The molecule has 0 unspecified atom stereocenters. The van der Waals surface area contributed by atoms with Gasteiger partial charge in [0.05, 0.1) is 17.6 Å². The monoisotopic (exact) mass is 378 g/mol. The number of ether oxygens (including phenoxy) is 1. The van der Waals surface area contributed by atoms with Crippen LogP contribution in [-0.2, 0) is 6.18 Å². The minimum absolute atomic E-state index is 0.122. The fourth-order valence-corrected chi connectivity index (χ4v) is 2.42. The number of aryl methyl sites for hydroxylation is 1. The molecule has 0 fully saturated rings. The summed E-state index contributed by atoms with van der Waals surface area (Å²) in [5.74, 6) is 0.984. The molecule has 0 aliphatic heterocycles. The van der Waals surface area contributed by atoms with Crippen molar-refractivity contribution in [1.82, 2.24) is 4.90 Å². The summed E-state index contributed by atoms with van der Waals surface area (Å²) in [5.41, 5.74) is 0.710. The molecule has 2 rings (SSSR count). The number of rotatable bonds is 6. The molecule has 0 aliphatic carbocycles. The highest BCUT2D eigenvalue weighted by atomic mass is 19.4. The quantitative estimate of drug-likeness (QED) is 0.421. The molecule has 2 aromatic carbocycles. The van der Waals surface area contributed by atoms with E-state index in [4.69, 9.17) is 4.74 Å². The third-order valence-electron chi connectivity index (χ3n) is 4.24. The molecule has 0 spiro atoms. The van der Waals surface area contributed by atoms with Gasteiger partial charge in [-0.1, -0.05) is 26.0 Å². The van der Waals surface area contributed by atoms with Crippen LogP contribution >= 0.6 is 0 Å². The number of alkyl halides is 3. The standard InChI is InChI=1S/C21H25F3N2O/c1-6-26(5)13-25-19-10-15(4)20(12-18(19)21(22,23)24)27-17-9-7-8-16(11-17)14(2)3/h7-14H,6H2,1-5H3/b25-13+. The van der Waals surface area contributed by atoms with Crippen LogP contribution < -0.4 is 4.74 Å². The predicted molar refractivity (Wildman–Crippen MR) is 103 cm³/mol. The largest absolute Gasteiger partial charge is 0.457 e. The van der Waals surface area contributed by atoms with Crippen LogP contribution in [0.3, 0.4) is 0 Å². The minimum atomic E-state index is -4.52. The van der Waals surface area contributed by atoms with Crippen LogP contribution in [0.1, 0.15) is 43.4 Å². The Kier molecular flexibility index (Phi) is 6.52. The highest BCUT2D eigenvalue weighted by Gasteiger charge is 2.34. The highest BCUT2D eigenvalue weighted by Crippen LogP contribution is 2.41. The van der Waals surface area contributed by atoms with E-state index >= 15 is 0 Å². The van der Waals surface area contributed by atoms with Gasteiger partial charge in [0.15, 0.2) is 0 Å². The Bertz CT molecular complexity index is 814. The minimum Gasteiger partial charge on any atom is -0.457 e. The van der Waals surface area contributed by atoms with Crippen molar-refractivity contribution in [2.75, 3.05) is 13.6 Å². The topological polar surface area (TPSA) is 24.8 Å². The van der Waals surface area contributed by atoms with Crippen LogP contribution in [0.4, 0.5) is 18.9 Å². The average molecular weight is 378 g/mol. The van der Waals surface area contributed by atoms with Gasteiger partial charge in [0.25, 0.3) is 0 Å². The zero-order chi connectivity index (χ0) is 20.2. The molecule has 0 amide bonds. The Balaban J connectivity index is 2.44. The molecular formula is C21H25F3N2O. The van der Waals surface area contributed by atoms with Gasteiger partial charge in [-0.15, -0.1) is 0 Å². The van der Waals surface area contributed by atoms with Gasteiger partial charge in [-0.05, 0) is 55.2 Å². The number of hydrogen-bond acceptors (Lipinski definition) is 2. The van der Waals surface area contributed by atoms with Crippen LogP contribution in [0.25, 0.3) is 0 Å². The van der Waals surface area contributed by atoms with Crippen molar-refractivity contribution in [3.05, 3.63) is 53.1 Å². The van der Waals surface area contributed by atoms with E-state index in [-0.39, 0.29) is 11.4 Å². The van der Waals surface area contributed by atoms with Gasteiger partial charge < -0.3 is 9.64 Å². The van der Waals surface area contributed by atoms with Gasteiger partial charge in [0, 0.05) is 13.6 Å². The zero-order valence-electron chi connectivity index (χ0n) is 16.3. The summed E-state index contributed by atoms with van der Waals surface area (Å²) in [4.78, 5) is 5.72. The first-order chi connectivity index (χ1) is 12.6. The van der Waals surface area contributed by atoms with Crippen LogP contribution in [0.5, 0.6) is 11.5 Å². The fraction of sp³-hybridized carbons (Fsp3) is 0.381. The molecular weight excluding hydrogens is 353 g/mol. The predicted octanol–water partition coefficient (Wildman–Crippen LogP) is 6.54. The molecule has 0 heterocycles. The Morgan fingerprint density at radius 2 is 1.89 bits per heavy atom. The molecule has 6 heteroatoms. The van der Waals surface area contributed by atoms with E-state index in [2.05, 4.69) is 4.99 Å². The van der Waals surface area contributed by atoms with Crippen LogP contribution in [0.2, 0.25) is 0 Å². The van der Waals surface area contributed by atoms with Gasteiger partial charge in [-0.25, -0.2) is 4.99 Å². The van der Waals surface area contributed by atoms with Crippen molar-refractivity contribution >= 4 is 12.0 Å². The maximum absolute atomic E-state index is 13.5. The summed E-state index contributed by atoms with van der Waals surface area (Å²) in [5, 5.41) is 0. The van der Waals surface area contributed by atoms with E-state index in [1.54, 1.807) is 24.9 Å². The molecule has 0 saturated carbocycles. The first-order valence-corrected chi connectivity index (χ1v) is 8.86. The number of benzene rings is 2. The van der Waals surface area contributed by atoms with Gasteiger partial charge in [-0.3, -0.25) is 0 Å². The second-order valence-corrected chi connectivity index (χ2v) is 6.78. The molecule has 3 nitrogen and oxygen atoms in total. The van der Waals surface area contributed by atoms with E-state index in [9.17, 15) is 13.2 Å². The van der Waals surface area contributed by atoms with Crippen molar-refractivity contribution in [3.63, 3.8) is 0 Å². The van der Waals surface area contributed by atoms with Gasteiger partial charge in [0.1, 0.15) is 11.5 Å². The summed E-state index contributed by atoms with van der Waals surface area (Å²) in [6.45, 7) is 8.35. The van der Waals surface area contributed by atoms with E-state index in [0.29, 0.717) is 23.8 Å². The molecule has 0 bridgehead atoms. The molecule has 0 aromatic heterocycles. The number of hydrogen-bond donors (Lipinski definition) is 0. The number of halogens is 3. The number of aliphatic imine (C=N–C) groups is 1. The van der Waals surface area contributed by atoms with Crippen molar-refractivity contribution < 1.29 is 17.9 Å². The van der Waals surface area contributed by atoms with Crippen molar-refractivity contribution in [2.24, 2.45) is 4.99 Å². The summed E-state index contributed by atoms with van der Waals surface area (Å²) in [7, 11) is 1.75. The lowest BCUT2D eigenvalue weighted by molar-refractivity contribution is -0.137. The van der Waals surface area contributed by atoms with Gasteiger partial charge >= 0.3 is 6.18 Å². The van der Waals surface area contributed by atoms with Gasteiger partial charge in [0.2, 0.25) is 0 Å². The Labute approximate surface area is 158 Å². The van der Waals surface area contributed by atoms with Crippen LogP contribution in [-0.4, -0.2) is 24.8 Å². The Morgan fingerprint density at radius 3 is 2.48 bits per heavy atom. The maximum Gasteiger partial charge on any atom is 0.418 e. The van der Waals surface area contributed by atoms with Crippen molar-refractivity contribution in [3.8, 4) is 11.5 Å². The normalized spacial score (nSPS) is 12.0. The lowest BCUT2D eigenvalue weighted by Crippen LogP contribution is -2.14. The molecule has 0 radical (unpaired) electrons. The second-order valence-electron chi connectivity index (χ2n) is 6.78. The van der Waals surface area contributed by atoms with E-state index in [1.807, 2.05) is 39.0 Å². The first-order valence-electron chi connectivity index (χ1n) is 8.86. The lowest BCUT2D eigenvalue weighted by Gasteiger charge is -2.16. The maximum atomic E-state index is 13.5. The van der Waals surface area contributed by atoms with Crippen molar-refractivity contribution in [2.45, 2.75) is 39.8 Å². The Morgan fingerprint density at radius 1 is 1.19 bits per heavy atom. The molecule has 0 atom stereocenters. The molecule has 0 N–H and O–H groups in total.